The summed E-state index contributed by atoms with van der Waals surface area (Å²) >= 11 is 12.5. The second kappa shape index (κ2) is 5.89. The van der Waals surface area contributed by atoms with Crippen LogP contribution < -0.4 is 5.32 Å². The molecule has 0 saturated carbocycles. The molecule has 2 aromatic carbocycles. The van der Waals surface area contributed by atoms with Gasteiger partial charge in [-0.05, 0) is 53.6 Å². The van der Waals surface area contributed by atoms with E-state index in [1.54, 1.807) is 0 Å². The van der Waals surface area contributed by atoms with Crippen molar-refractivity contribution in [1.29, 1.82) is 0 Å². The highest BCUT2D eigenvalue weighted by atomic mass is 35.5. The molecule has 1 nitrogen and oxygen atoms in total. The van der Waals surface area contributed by atoms with Gasteiger partial charge in [0.2, 0.25) is 0 Å². The van der Waals surface area contributed by atoms with Crippen LogP contribution in [0.2, 0.25) is 10.0 Å². The number of nitrogens with one attached hydrogen (secondary N) is 1. The third-order valence-electron chi connectivity index (χ3n) is 5.13. The van der Waals surface area contributed by atoms with Gasteiger partial charge >= 0.3 is 0 Å². The van der Waals surface area contributed by atoms with E-state index in [2.05, 4.69) is 48.7 Å². The second-order valence-electron chi connectivity index (χ2n) is 6.42. The number of allylic oxidation sites excluding steroid dienone is 2. The molecule has 0 amide bonds. The van der Waals surface area contributed by atoms with Gasteiger partial charge in [0.05, 0.1) is 6.04 Å². The lowest BCUT2D eigenvalue weighted by Crippen LogP contribution is -2.29. The largest absolute Gasteiger partial charge is 0.378 e. The lowest BCUT2D eigenvalue weighted by atomic mass is 9.76. The van der Waals surface area contributed by atoms with Crippen LogP contribution in [-0.4, -0.2) is 0 Å². The van der Waals surface area contributed by atoms with Gasteiger partial charge in [0, 0.05) is 21.7 Å². The van der Waals surface area contributed by atoms with Gasteiger partial charge in [0.15, 0.2) is 0 Å². The Morgan fingerprint density at radius 2 is 1.96 bits per heavy atom. The van der Waals surface area contributed by atoms with Crippen molar-refractivity contribution in [1.82, 2.24) is 0 Å². The maximum atomic E-state index is 6.48. The molecule has 0 unspecified atom stereocenters. The molecule has 1 aliphatic heterocycles. The Balaban J connectivity index is 1.79. The van der Waals surface area contributed by atoms with Crippen LogP contribution in [0.1, 0.15) is 42.0 Å². The molecule has 1 aliphatic carbocycles. The van der Waals surface area contributed by atoms with E-state index in [4.69, 9.17) is 23.2 Å². The zero-order valence-electron chi connectivity index (χ0n) is 13.0. The molecular weight excluding hydrogens is 325 g/mol. The standard InChI is InChI=1S/C20H19Cl2N/c1-2-12-6-9-19-17(10-12)14-4-3-5-15(14)20(23-19)16-8-7-13(21)11-18(16)22/h3-4,6-11,14-15,20,23H,2,5H2,1H3/t14-,15-,20-/m1/s1. The predicted molar refractivity (Wildman–Crippen MR) is 98.6 cm³/mol. The summed E-state index contributed by atoms with van der Waals surface area (Å²) in [7, 11) is 0. The number of hydrogen-bond acceptors (Lipinski definition) is 1. The highest BCUT2D eigenvalue weighted by Crippen LogP contribution is 2.51. The molecule has 4 rings (SSSR count). The van der Waals surface area contributed by atoms with Crippen molar-refractivity contribution in [3.63, 3.8) is 0 Å². The summed E-state index contributed by atoms with van der Waals surface area (Å²) in [5.74, 6) is 0.975. The first-order chi connectivity index (χ1) is 11.2. The molecule has 2 aromatic rings. The zero-order chi connectivity index (χ0) is 16.0. The fraction of sp³-hybridized carbons (Fsp3) is 0.300. The molecule has 0 radical (unpaired) electrons. The quantitative estimate of drug-likeness (QED) is 0.623. The molecule has 2 aliphatic rings. The molecule has 1 heterocycles. The molecule has 118 valence electrons. The van der Waals surface area contributed by atoms with Gasteiger partial charge in [-0.3, -0.25) is 0 Å². The van der Waals surface area contributed by atoms with Gasteiger partial charge in [-0.15, -0.1) is 0 Å². The number of benzene rings is 2. The minimum Gasteiger partial charge on any atom is -0.378 e. The summed E-state index contributed by atoms with van der Waals surface area (Å²) in [6, 6.07) is 12.8. The summed E-state index contributed by atoms with van der Waals surface area (Å²) in [5.41, 5.74) is 5.18. The Bertz CT molecular complexity index is 781. The monoisotopic (exact) mass is 343 g/mol. The van der Waals surface area contributed by atoms with Crippen LogP contribution in [0, 0.1) is 5.92 Å². The smallest absolute Gasteiger partial charge is 0.0568 e. The topological polar surface area (TPSA) is 12.0 Å². The first kappa shape index (κ1) is 15.1. The molecule has 0 spiro atoms. The van der Waals surface area contributed by atoms with Gasteiger partial charge in [0.25, 0.3) is 0 Å². The Kier molecular flexibility index (Phi) is 3.87. The van der Waals surface area contributed by atoms with Crippen molar-refractivity contribution in [2.75, 3.05) is 5.32 Å². The van der Waals surface area contributed by atoms with E-state index in [1.165, 1.54) is 16.8 Å². The first-order valence-electron chi connectivity index (χ1n) is 8.18. The van der Waals surface area contributed by atoms with Crippen molar-refractivity contribution in [2.24, 2.45) is 5.92 Å². The Hall–Kier alpha value is -1.44. The van der Waals surface area contributed by atoms with E-state index in [9.17, 15) is 0 Å². The van der Waals surface area contributed by atoms with Gasteiger partial charge in [-0.2, -0.15) is 0 Å². The summed E-state index contributed by atoms with van der Waals surface area (Å²) < 4.78 is 0. The SMILES string of the molecule is CCc1ccc2c(c1)[C@@H]1C=CC[C@H]1[C@H](c1ccc(Cl)cc1Cl)N2. The number of anilines is 1. The predicted octanol–water partition coefficient (Wildman–Crippen LogP) is 6.38. The van der Waals surface area contributed by atoms with Crippen LogP contribution >= 0.6 is 23.2 Å². The minimum absolute atomic E-state index is 0.222. The van der Waals surface area contributed by atoms with Crippen molar-refractivity contribution in [3.05, 3.63) is 75.3 Å². The maximum Gasteiger partial charge on any atom is 0.0568 e. The van der Waals surface area contributed by atoms with Crippen LogP contribution in [0.15, 0.2) is 48.6 Å². The molecule has 3 heteroatoms. The number of rotatable bonds is 2. The molecule has 23 heavy (non-hydrogen) atoms. The number of hydrogen-bond donors (Lipinski definition) is 1. The lowest BCUT2D eigenvalue weighted by Gasteiger charge is -2.38. The van der Waals surface area contributed by atoms with Gasteiger partial charge in [-0.1, -0.05) is 60.5 Å². The summed E-state index contributed by atoms with van der Waals surface area (Å²) in [4.78, 5) is 0. The summed E-state index contributed by atoms with van der Waals surface area (Å²) in [6.07, 6.45) is 6.82. The number of halogens is 2. The highest BCUT2D eigenvalue weighted by Gasteiger charge is 2.38. The van der Waals surface area contributed by atoms with Crippen molar-refractivity contribution < 1.29 is 0 Å². The third-order valence-corrected chi connectivity index (χ3v) is 5.70. The van der Waals surface area contributed by atoms with E-state index >= 15 is 0 Å². The summed E-state index contributed by atoms with van der Waals surface area (Å²) in [5, 5.41) is 5.16. The van der Waals surface area contributed by atoms with Gasteiger partial charge < -0.3 is 5.32 Å². The first-order valence-corrected chi connectivity index (χ1v) is 8.94. The molecule has 0 fully saturated rings. The van der Waals surface area contributed by atoms with Crippen molar-refractivity contribution in [3.8, 4) is 0 Å². The van der Waals surface area contributed by atoms with Crippen LogP contribution in [0.25, 0.3) is 0 Å². The molecule has 0 aromatic heterocycles. The fourth-order valence-electron chi connectivity index (χ4n) is 3.93. The number of fused-ring (bicyclic) bond motifs is 3. The summed E-state index contributed by atoms with van der Waals surface area (Å²) in [6.45, 7) is 2.20. The molecule has 1 N–H and O–H groups in total. The third kappa shape index (κ3) is 2.56. The Labute approximate surface area is 147 Å². The van der Waals surface area contributed by atoms with E-state index < -0.39 is 0 Å². The van der Waals surface area contributed by atoms with Crippen molar-refractivity contribution >= 4 is 28.9 Å². The van der Waals surface area contributed by atoms with Crippen molar-refractivity contribution in [2.45, 2.75) is 31.7 Å². The van der Waals surface area contributed by atoms with E-state index in [0.29, 0.717) is 16.9 Å². The Morgan fingerprint density at radius 1 is 1.09 bits per heavy atom. The van der Waals surface area contributed by atoms with Gasteiger partial charge in [-0.25, -0.2) is 0 Å². The van der Waals surface area contributed by atoms with Crippen LogP contribution in [0.5, 0.6) is 0 Å². The maximum absolute atomic E-state index is 6.48. The van der Waals surface area contributed by atoms with E-state index in [1.807, 2.05) is 12.1 Å². The van der Waals surface area contributed by atoms with Crippen LogP contribution in [0.4, 0.5) is 5.69 Å². The van der Waals surface area contributed by atoms with Crippen LogP contribution in [-0.2, 0) is 6.42 Å². The minimum atomic E-state index is 0.222. The van der Waals surface area contributed by atoms with E-state index in [0.717, 1.165) is 23.4 Å². The Morgan fingerprint density at radius 3 is 2.74 bits per heavy atom. The molecule has 0 saturated heterocycles. The lowest BCUT2D eigenvalue weighted by molar-refractivity contribution is 0.425. The zero-order valence-corrected chi connectivity index (χ0v) is 14.5. The average Bonchev–Trinajstić information content (AvgIpc) is 3.04. The van der Waals surface area contributed by atoms with Gasteiger partial charge in [0.1, 0.15) is 0 Å². The average molecular weight is 344 g/mol. The molecule has 0 bridgehead atoms. The van der Waals surface area contributed by atoms with Crippen LogP contribution in [0.3, 0.4) is 0 Å². The molecule has 3 atom stereocenters. The highest BCUT2D eigenvalue weighted by molar-refractivity contribution is 6.35. The number of aryl methyl sites for hydroxylation is 1. The van der Waals surface area contributed by atoms with E-state index in [-0.39, 0.29) is 6.04 Å². The normalized spacial score (nSPS) is 24.9. The fourth-order valence-corrected chi connectivity index (χ4v) is 4.45. The second-order valence-corrected chi connectivity index (χ2v) is 7.26. The molecular formula is C20H19Cl2N.